The molecule has 0 bridgehead atoms. The summed E-state index contributed by atoms with van der Waals surface area (Å²) in [5.74, 6) is 0. The second-order valence-electron chi connectivity index (χ2n) is 4.71. The molecule has 6 heteroatoms. The third-order valence-corrected chi connectivity index (χ3v) is 2.73. The molecule has 0 unspecified atom stereocenters. The molecular weight excluding hydrogens is 228 g/mol. The molecule has 2 heterocycles. The monoisotopic (exact) mass is 240 g/mol. The van der Waals surface area contributed by atoms with Gasteiger partial charge >= 0.3 is 0 Å². The van der Waals surface area contributed by atoms with E-state index in [9.17, 15) is 4.79 Å². The van der Waals surface area contributed by atoms with Crippen LogP contribution in [0.4, 0.5) is 0 Å². The Morgan fingerprint density at radius 1 is 1.38 bits per heavy atom. The molecular formula is C10H13ClN4O. The van der Waals surface area contributed by atoms with Gasteiger partial charge in [0.25, 0.3) is 5.56 Å². The Hall–Kier alpha value is -1.36. The largest absolute Gasteiger partial charge is 0.286 e. The number of nitrogens with zero attached hydrogens (tertiary/aromatic N) is 4. The lowest BCUT2D eigenvalue weighted by molar-refractivity contribution is 0.365. The molecule has 0 radical (unpaired) electrons. The summed E-state index contributed by atoms with van der Waals surface area (Å²) >= 11 is 5.88. The van der Waals surface area contributed by atoms with Gasteiger partial charge in [0.2, 0.25) is 5.28 Å². The summed E-state index contributed by atoms with van der Waals surface area (Å²) in [7, 11) is 1.59. The van der Waals surface area contributed by atoms with E-state index in [-0.39, 0.29) is 16.4 Å². The molecule has 0 amide bonds. The standard InChI is InChI=1S/C10H13ClN4O/c1-10(2,3)15-7-6(5-12-15)8(16)14(4)9(11)13-7/h5H,1-4H3. The lowest BCUT2D eigenvalue weighted by Gasteiger charge is -2.19. The first-order chi connectivity index (χ1) is 7.32. The van der Waals surface area contributed by atoms with Gasteiger partial charge in [0.1, 0.15) is 5.39 Å². The lowest BCUT2D eigenvalue weighted by Crippen LogP contribution is -2.25. The molecule has 0 aliphatic carbocycles. The number of hydrogen-bond donors (Lipinski definition) is 0. The third-order valence-electron chi connectivity index (χ3n) is 2.39. The molecule has 86 valence electrons. The van der Waals surface area contributed by atoms with Crippen LogP contribution in [0.3, 0.4) is 0 Å². The fourth-order valence-corrected chi connectivity index (χ4v) is 1.68. The molecule has 0 aromatic carbocycles. The van der Waals surface area contributed by atoms with Gasteiger partial charge in [0, 0.05) is 7.05 Å². The van der Waals surface area contributed by atoms with E-state index in [1.807, 2.05) is 20.8 Å². The summed E-state index contributed by atoms with van der Waals surface area (Å²) in [5, 5.41) is 4.85. The van der Waals surface area contributed by atoms with Crippen molar-refractivity contribution in [3.63, 3.8) is 0 Å². The quantitative estimate of drug-likeness (QED) is 0.657. The normalized spacial score (nSPS) is 12.3. The smallest absolute Gasteiger partial charge is 0.265 e. The Kier molecular flexibility index (Phi) is 2.31. The maximum Gasteiger partial charge on any atom is 0.265 e. The molecule has 0 saturated carbocycles. The van der Waals surface area contributed by atoms with Crippen molar-refractivity contribution < 1.29 is 0 Å². The van der Waals surface area contributed by atoms with Crippen molar-refractivity contribution in [2.75, 3.05) is 0 Å². The van der Waals surface area contributed by atoms with Crippen LogP contribution in [-0.4, -0.2) is 19.3 Å². The minimum atomic E-state index is -0.232. The van der Waals surface area contributed by atoms with E-state index in [0.29, 0.717) is 11.0 Å². The van der Waals surface area contributed by atoms with E-state index >= 15 is 0 Å². The average molecular weight is 241 g/mol. The Morgan fingerprint density at radius 2 is 2.00 bits per heavy atom. The molecule has 0 N–H and O–H groups in total. The van der Waals surface area contributed by atoms with E-state index in [1.54, 1.807) is 11.7 Å². The topological polar surface area (TPSA) is 52.7 Å². The molecule has 5 nitrogen and oxygen atoms in total. The van der Waals surface area contributed by atoms with Gasteiger partial charge in [-0.05, 0) is 32.4 Å². The molecule has 0 spiro atoms. The molecule has 0 atom stereocenters. The van der Waals surface area contributed by atoms with Crippen molar-refractivity contribution in [3.8, 4) is 0 Å². The first kappa shape index (κ1) is 11.1. The van der Waals surface area contributed by atoms with Crippen LogP contribution in [-0.2, 0) is 12.6 Å². The lowest BCUT2D eigenvalue weighted by atomic mass is 10.1. The number of halogens is 1. The zero-order valence-corrected chi connectivity index (χ0v) is 10.4. The van der Waals surface area contributed by atoms with Crippen LogP contribution in [0.25, 0.3) is 11.0 Å². The van der Waals surface area contributed by atoms with Crippen LogP contribution >= 0.6 is 11.6 Å². The minimum Gasteiger partial charge on any atom is -0.286 e. The van der Waals surface area contributed by atoms with Gasteiger partial charge in [0.15, 0.2) is 5.65 Å². The number of rotatable bonds is 0. The maximum atomic E-state index is 11.9. The zero-order valence-electron chi connectivity index (χ0n) is 9.65. The molecule has 0 fully saturated rings. The van der Waals surface area contributed by atoms with E-state index < -0.39 is 0 Å². The first-order valence-corrected chi connectivity index (χ1v) is 5.31. The highest BCUT2D eigenvalue weighted by Gasteiger charge is 2.20. The molecule has 2 rings (SSSR count). The summed E-state index contributed by atoms with van der Waals surface area (Å²) in [5.41, 5.74) is 0.121. The van der Waals surface area contributed by atoms with Gasteiger partial charge in [0.05, 0.1) is 11.7 Å². The Morgan fingerprint density at radius 3 is 2.56 bits per heavy atom. The summed E-state index contributed by atoms with van der Waals surface area (Å²) in [4.78, 5) is 16.1. The SMILES string of the molecule is Cn1c(Cl)nc2c(cnn2C(C)(C)C)c1=O. The van der Waals surface area contributed by atoms with Crippen molar-refractivity contribution in [2.45, 2.75) is 26.3 Å². The number of hydrogen-bond acceptors (Lipinski definition) is 3. The second-order valence-corrected chi connectivity index (χ2v) is 5.05. The Bertz CT molecular complexity index is 606. The predicted octanol–water partition coefficient (Wildman–Crippen LogP) is 1.54. The van der Waals surface area contributed by atoms with Crippen LogP contribution in [0.1, 0.15) is 20.8 Å². The average Bonchev–Trinajstić information content (AvgIpc) is 2.57. The second kappa shape index (κ2) is 3.31. The highest BCUT2D eigenvalue weighted by molar-refractivity contribution is 6.28. The van der Waals surface area contributed by atoms with Crippen molar-refractivity contribution in [2.24, 2.45) is 7.05 Å². The van der Waals surface area contributed by atoms with Gasteiger partial charge in [-0.15, -0.1) is 0 Å². The summed E-state index contributed by atoms with van der Waals surface area (Å²) in [6.07, 6.45) is 1.53. The highest BCUT2D eigenvalue weighted by atomic mass is 35.5. The van der Waals surface area contributed by atoms with Crippen LogP contribution in [0.2, 0.25) is 5.28 Å². The van der Waals surface area contributed by atoms with E-state index in [1.165, 1.54) is 10.8 Å². The van der Waals surface area contributed by atoms with Crippen LogP contribution in [0.15, 0.2) is 11.0 Å². The molecule has 16 heavy (non-hydrogen) atoms. The number of fused-ring (bicyclic) bond motifs is 1. The van der Waals surface area contributed by atoms with Gasteiger partial charge < -0.3 is 0 Å². The summed E-state index contributed by atoms with van der Waals surface area (Å²) < 4.78 is 3.01. The molecule has 2 aromatic heterocycles. The van der Waals surface area contributed by atoms with Crippen LogP contribution in [0, 0.1) is 0 Å². The maximum absolute atomic E-state index is 11.9. The highest BCUT2D eigenvalue weighted by Crippen LogP contribution is 2.19. The first-order valence-electron chi connectivity index (χ1n) is 4.93. The van der Waals surface area contributed by atoms with Gasteiger partial charge in [-0.1, -0.05) is 0 Å². The minimum absolute atomic E-state index is 0.170. The third kappa shape index (κ3) is 1.51. The molecule has 0 aliphatic rings. The molecule has 0 aliphatic heterocycles. The summed E-state index contributed by atoms with van der Waals surface area (Å²) in [6.45, 7) is 5.98. The van der Waals surface area contributed by atoms with E-state index in [2.05, 4.69) is 10.1 Å². The van der Waals surface area contributed by atoms with Crippen molar-refractivity contribution >= 4 is 22.6 Å². The van der Waals surface area contributed by atoms with Crippen molar-refractivity contribution in [1.29, 1.82) is 0 Å². The van der Waals surface area contributed by atoms with Gasteiger partial charge in [-0.3, -0.25) is 9.36 Å². The fraction of sp³-hybridized carbons (Fsp3) is 0.500. The Labute approximate surface area is 97.7 Å². The molecule has 0 saturated heterocycles. The number of aromatic nitrogens is 4. The zero-order chi connectivity index (χ0) is 12.1. The van der Waals surface area contributed by atoms with Crippen molar-refractivity contribution in [3.05, 3.63) is 21.8 Å². The molecule has 2 aromatic rings. The van der Waals surface area contributed by atoms with Gasteiger partial charge in [-0.25, -0.2) is 4.68 Å². The van der Waals surface area contributed by atoms with Crippen LogP contribution < -0.4 is 5.56 Å². The van der Waals surface area contributed by atoms with Gasteiger partial charge in [-0.2, -0.15) is 10.1 Å². The predicted molar refractivity (Wildman–Crippen MR) is 62.8 cm³/mol. The van der Waals surface area contributed by atoms with Crippen molar-refractivity contribution in [1.82, 2.24) is 19.3 Å². The van der Waals surface area contributed by atoms with E-state index in [0.717, 1.165) is 0 Å². The fourth-order valence-electron chi connectivity index (χ4n) is 1.52. The summed E-state index contributed by atoms with van der Waals surface area (Å²) in [6, 6.07) is 0. The Balaban J connectivity index is 2.90. The van der Waals surface area contributed by atoms with Crippen LogP contribution in [0.5, 0.6) is 0 Å². The van der Waals surface area contributed by atoms with E-state index in [4.69, 9.17) is 11.6 Å².